The fourth-order valence-corrected chi connectivity index (χ4v) is 11.3. The summed E-state index contributed by atoms with van der Waals surface area (Å²) in [5.41, 5.74) is 26.0. The van der Waals surface area contributed by atoms with Gasteiger partial charge in [0.2, 0.25) is 5.91 Å². The fourth-order valence-electron chi connectivity index (χ4n) is 11.3. The molecule has 486 valence electrons. The van der Waals surface area contributed by atoms with Crippen LogP contribution in [0.4, 0.5) is 42.8 Å². The van der Waals surface area contributed by atoms with Crippen molar-refractivity contribution in [3.63, 3.8) is 0 Å². The van der Waals surface area contributed by atoms with Crippen molar-refractivity contribution in [1.29, 1.82) is 0 Å². The van der Waals surface area contributed by atoms with Crippen molar-refractivity contribution in [2.24, 2.45) is 7.05 Å². The molecule has 6 aromatic carbocycles. The van der Waals surface area contributed by atoms with Gasteiger partial charge in [-0.25, -0.2) is 19.2 Å². The van der Waals surface area contributed by atoms with Crippen LogP contribution in [0.15, 0.2) is 77.6 Å². The minimum absolute atomic E-state index is 0.0205. The highest BCUT2D eigenvalue weighted by Crippen LogP contribution is 2.36. The second-order valence-corrected chi connectivity index (χ2v) is 26.5. The maximum atomic E-state index is 11.5. The highest BCUT2D eigenvalue weighted by Gasteiger charge is 2.24. The molecule has 5 aliphatic rings. The molecular formula is C74H97N9O8. The average molecular weight is 1240 g/mol. The Labute approximate surface area is 538 Å². The van der Waals surface area contributed by atoms with Crippen LogP contribution in [0.2, 0.25) is 0 Å². The molecule has 0 saturated carbocycles. The van der Waals surface area contributed by atoms with Crippen molar-refractivity contribution in [2.75, 3.05) is 40.2 Å². The minimum Gasteiger partial charge on any atom is -0.482 e. The third-order valence-corrected chi connectivity index (χ3v) is 17.1. The number of nitrogens with one attached hydrogen (secondary N) is 7. The van der Waals surface area contributed by atoms with E-state index in [2.05, 4.69) is 201 Å². The second-order valence-electron chi connectivity index (χ2n) is 26.5. The number of H-pyrrole nitrogens is 1. The summed E-state index contributed by atoms with van der Waals surface area (Å²) in [7, 11) is 3.61. The number of anilines is 5. The van der Waals surface area contributed by atoms with Gasteiger partial charge in [0, 0.05) is 44.9 Å². The number of carbonyl (C=O) groups excluding carboxylic acids is 5. The number of aromatic nitrogens is 2. The molecule has 17 heteroatoms. The summed E-state index contributed by atoms with van der Waals surface area (Å²) in [5, 5.41) is 17.1. The summed E-state index contributed by atoms with van der Waals surface area (Å²) in [6.07, 6.45) is 1.14. The number of imidazole rings is 1. The van der Waals surface area contributed by atoms with Gasteiger partial charge >= 0.3 is 23.8 Å². The molecular weight excluding hydrogens is 1140 g/mol. The molecule has 0 fully saturated rings. The number of ether oxygens (including phenoxy) is 2. The Morgan fingerprint density at radius 3 is 1.37 bits per heavy atom. The van der Waals surface area contributed by atoms with Crippen LogP contribution in [-0.2, 0) is 47.5 Å². The Kier molecular flexibility index (Phi) is 22.8. The largest absolute Gasteiger partial charge is 0.482 e. The molecule has 0 aliphatic carbocycles. The summed E-state index contributed by atoms with van der Waals surface area (Å²) < 4.78 is 12.0. The molecule has 0 unspecified atom stereocenters. The minimum atomic E-state index is -0.358. The smallest absolute Gasteiger partial charge is 0.411 e. The van der Waals surface area contributed by atoms with Gasteiger partial charge in [-0.2, -0.15) is 0 Å². The van der Waals surface area contributed by atoms with Gasteiger partial charge in [-0.1, -0.05) is 144 Å². The van der Waals surface area contributed by atoms with Crippen molar-refractivity contribution >= 4 is 69.4 Å². The molecule has 0 bridgehead atoms. The zero-order valence-electron chi connectivity index (χ0n) is 57.3. The first-order chi connectivity index (χ1) is 42.8. The number of benzene rings is 6. The van der Waals surface area contributed by atoms with Gasteiger partial charge in [-0.3, -0.25) is 19.5 Å². The van der Waals surface area contributed by atoms with Crippen molar-refractivity contribution < 1.29 is 33.4 Å². The van der Waals surface area contributed by atoms with E-state index in [9.17, 15) is 28.8 Å². The number of aryl methyl sites for hydroxylation is 8. The summed E-state index contributed by atoms with van der Waals surface area (Å²) in [6.45, 7) is 40.0. The summed E-state index contributed by atoms with van der Waals surface area (Å²) in [4.78, 5) is 72.3. The first-order valence-electron chi connectivity index (χ1n) is 31.9. The molecule has 7 N–H and O–H groups in total. The van der Waals surface area contributed by atoms with E-state index in [1.54, 1.807) is 16.5 Å². The van der Waals surface area contributed by atoms with Crippen LogP contribution < -0.4 is 42.3 Å². The Morgan fingerprint density at radius 2 is 0.835 bits per heavy atom. The van der Waals surface area contributed by atoms with E-state index in [0.29, 0.717) is 61.6 Å². The number of amides is 7. The van der Waals surface area contributed by atoms with Gasteiger partial charge in [-0.15, -0.1) is 0 Å². The number of cyclic esters (lactones) is 1. The van der Waals surface area contributed by atoms with Crippen LogP contribution in [-0.4, -0.2) is 58.1 Å². The Hall–Kier alpha value is -8.86. The molecule has 17 nitrogen and oxygen atoms in total. The second kappa shape index (κ2) is 29.8. The molecule has 12 rings (SSSR count). The lowest BCUT2D eigenvalue weighted by molar-refractivity contribution is -0.118. The zero-order valence-corrected chi connectivity index (χ0v) is 57.3. The number of fused-ring (bicyclic) bond motifs is 6. The predicted molar refractivity (Wildman–Crippen MR) is 370 cm³/mol. The maximum absolute atomic E-state index is 11.5. The maximum Gasteiger partial charge on any atom is 0.411 e. The van der Waals surface area contributed by atoms with Crippen molar-refractivity contribution in [3.8, 4) is 5.75 Å². The highest BCUT2D eigenvalue weighted by molar-refractivity contribution is 5.97. The third kappa shape index (κ3) is 17.4. The van der Waals surface area contributed by atoms with E-state index in [0.717, 1.165) is 85.0 Å². The highest BCUT2D eigenvalue weighted by atomic mass is 16.5. The van der Waals surface area contributed by atoms with Gasteiger partial charge in [0.05, 0.1) is 33.8 Å². The topological polar surface area (TPSA) is 217 Å². The number of urea groups is 2. The average Bonchev–Trinajstić information content (AvgIpc) is 1.83. The van der Waals surface area contributed by atoms with Crippen molar-refractivity contribution in [1.82, 2.24) is 19.8 Å². The molecule has 1 aromatic heterocycles. The van der Waals surface area contributed by atoms with Gasteiger partial charge in [0.1, 0.15) is 12.4 Å². The number of carbonyl (C=O) groups is 5. The van der Waals surface area contributed by atoms with Gasteiger partial charge in [0.15, 0.2) is 6.61 Å². The normalized spacial score (nSPS) is 14.2. The van der Waals surface area contributed by atoms with Crippen LogP contribution in [0, 0.1) is 41.5 Å². The quantitative estimate of drug-likeness (QED) is 0.0848. The van der Waals surface area contributed by atoms with Gasteiger partial charge in [0.25, 0.3) is 5.91 Å². The third-order valence-electron chi connectivity index (χ3n) is 17.1. The van der Waals surface area contributed by atoms with Crippen molar-refractivity contribution in [3.05, 3.63) is 172 Å². The Bertz CT molecular complexity index is 3620. The molecule has 7 amide bonds. The van der Waals surface area contributed by atoms with E-state index in [-0.39, 0.29) is 42.3 Å². The molecule has 6 heterocycles. The van der Waals surface area contributed by atoms with E-state index in [4.69, 9.17) is 9.47 Å². The van der Waals surface area contributed by atoms with E-state index in [1.807, 2.05) is 40.8 Å². The van der Waals surface area contributed by atoms with Crippen LogP contribution in [0.5, 0.6) is 5.75 Å². The first kappa shape index (κ1) is 69.6. The molecule has 91 heavy (non-hydrogen) atoms. The standard InChI is InChI=1S/C13H18N2O.C13H17NO.2C12H16N2O.2C12H15NO2/c1-8(2)10-5-9(3)12-11(6-10)7-15(4)13(16)14-12;1-8(2)11-6-9(3)13-10(7-11)4-5-12(15)14-13;1-7(2)9-5-8(3)11-10(6-9)14(4)12(15)13-11;1-7(2)9-4-8(3)11-10(5-9)6-13-12(15)14-11;1-7(2)9-4-8(3)12-10(5-9)15-6-11(14)13-12;1-7(2)9-4-8(3)11-10(5-9)6-15-12(14)13-11/h5-6,8H,7H2,1-4H3,(H,14,16);6-8H,4-5H2,1-3H3,(H,14,15);5-7H,1-4H3,(H,13,15);4-5,7H,6H2,1-3H3,(H2,13,14,15);2*4-5,7H,6H2,1-3H3,(H,13,14). The summed E-state index contributed by atoms with van der Waals surface area (Å²) >= 11 is 0. The fraction of sp³-hybridized carbons (Fsp3) is 0.432. The van der Waals surface area contributed by atoms with Gasteiger partial charge in [-0.05, 0) is 179 Å². The van der Waals surface area contributed by atoms with Crippen LogP contribution in [0.3, 0.4) is 0 Å². The van der Waals surface area contributed by atoms with E-state index >= 15 is 0 Å². The SMILES string of the molecule is Cc1cc(C(C)C)cc2c1NC(=O)CC2.Cc1cc(C(C)C)cc2c1NC(=O)CO2.Cc1cc(C(C)C)cc2c1NC(=O)N(C)C2.Cc1cc(C(C)C)cc2c1NC(=O)NC2.Cc1cc(C(C)C)cc2c1NC(=O)OC2.Cc1cc(C(C)C)cc2c1[nH]c(=O)n2C. The van der Waals surface area contributed by atoms with Crippen LogP contribution >= 0.6 is 0 Å². The lowest BCUT2D eigenvalue weighted by Crippen LogP contribution is -2.35. The summed E-state index contributed by atoms with van der Waals surface area (Å²) in [5.74, 6) is 3.88. The number of aromatic amines is 1. The Balaban J connectivity index is 0.000000155. The molecule has 0 saturated heterocycles. The summed E-state index contributed by atoms with van der Waals surface area (Å²) in [6, 6.07) is 25.5. The number of nitrogens with zero attached hydrogens (tertiary/aromatic N) is 2. The zero-order chi connectivity index (χ0) is 67.0. The predicted octanol–water partition coefficient (Wildman–Crippen LogP) is 16.8. The molecule has 0 radical (unpaired) electrons. The molecule has 5 aliphatic heterocycles. The van der Waals surface area contributed by atoms with E-state index in [1.165, 1.54) is 55.6 Å². The number of hydrogen-bond donors (Lipinski definition) is 7. The van der Waals surface area contributed by atoms with E-state index < -0.39 is 0 Å². The lowest BCUT2D eigenvalue weighted by atomic mass is 9.92. The molecule has 0 atom stereocenters. The molecule has 7 aromatic rings. The lowest BCUT2D eigenvalue weighted by Gasteiger charge is -2.28. The molecule has 0 spiro atoms. The van der Waals surface area contributed by atoms with Gasteiger partial charge < -0.3 is 45.9 Å². The number of rotatable bonds is 6. The van der Waals surface area contributed by atoms with Crippen LogP contribution in [0.25, 0.3) is 11.0 Å². The first-order valence-corrected chi connectivity index (χ1v) is 31.9. The van der Waals surface area contributed by atoms with Crippen LogP contribution in [0.1, 0.15) is 214 Å². The monoisotopic (exact) mass is 1240 g/mol. The number of hydrogen-bond acceptors (Lipinski definition) is 8. The Morgan fingerprint density at radius 1 is 0.407 bits per heavy atom. The van der Waals surface area contributed by atoms with Crippen molar-refractivity contribution in [2.45, 2.75) is 193 Å².